The molecule has 0 saturated carbocycles. The van der Waals surface area contributed by atoms with Gasteiger partial charge in [-0.05, 0) is 105 Å². The quantitative estimate of drug-likeness (QED) is 0.160. The van der Waals surface area contributed by atoms with E-state index < -0.39 is 5.41 Å². The van der Waals surface area contributed by atoms with Crippen LogP contribution in [-0.4, -0.2) is 0 Å². The summed E-state index contributed by atoms with van der Waals surface area (Å²) in [4.78, 5) is 2.40. The topological polar surface area (TPSA) is 29.5 Å². The number of benzene rings is 10. The summed E-state index contributed by atoms with van der Waals surface area (Å²) in [5, 5.41) is 4.49. The van der Waals surface area contributed by atoms with Crippen molar-refractivity contribution in [3.05, 3.63) is 259 Å². The van der Waals surface area contributed by atoms with Crippen LogP contribution in [0.3, 0.4) is 0 Å². The monoisotopic (exact) mass is 817 g/mol. The molecule has 3 heteroatoms. The summed E-state index contributed by atoms with van der Waals surface area (Å²) < 4.78 is 12.9. The fourth-order valence-electron chi connectivity index (χ4n) is 10.6. The number of rotatable bonds is 7. The van der Waals surface area contributed by atoms with E-state index in [1.54, 1.807) is 0 Å². The lowest BCUT2D eigenvalue weighted by atomic mass is 9.68. The molecule has 10 aromatic carbocycles. The number of hydrogen-bond donors (Lipinski definition) is 0. The first kappa shape index (κ1) is 36.3. The number of anilines is 3. The van der Waals surface area contributed by atoms with Gasteiger partial charge in [-0.1, -0.05) is 182 Å². The Morgan fingerprint density at radius 3 is 1.67 bits per heavy atom. The van der Waals surface area contributed by atoms with Gasteiger partial charge in [0.2, 0.25) is 0 Å². The molecule has 1 aliphatic carbocycles. The average molecular weight is 818 g/mol. The third-order valence-electron chi connectivity index (χ3n) is 13.4. The molecular formula is C61H39NO2. The summed E-state index contributed by atoms with van der Waals surface area (Å²) >= 11 is 0. The molecule has 0 bridgehead atoms. The molecule has 1 aliphatic rings. The smallest absolute Gasteiger partial charge is 0.143 e. The average Bonchev–Trinajstić information content (AvgIpc) is 4.04. The van der Waals surface area contributed by atoms with Crippen molar-refractivity contribution in [3.8, 4) is 33.4 Å². The fourth-order valence-corrected chi connectivity index (χ4v) is 10.6. The minimum Gasteiger partial charge on any atom is -0.456 e. The number of furan rings is 2. The Morgan fingerprint density at radius 2 is 0.875 bits per heavy atom. The standard InChI is InChI=1S/C61H39NO2/c1-3-17-42(18-4-1)61(43-19-5-2-6-20-43)54-28-10-7-22-49(54)53-39-46(36-37-55(53)61)62(44-34-32-40(33-35-44)47-25-15-31-58-59(47)52-24-9-12-30-57(52)63-58)45-21-13-16-41(38-45)48-26-14-27-51-50-23-8-11-29-56(50)64-60(48)51/h1-39H. The van der Waals surface area contributed by atoms with Gasteiger partial charge in [0.15, 0.2) is 0 Å². The molecule has 2 heterocycles. The molecule has 0 aliphatic heterocycles. The van der Waals surface area contributed by atoms with E-state index in [4.69, 9.17) is 8.83 Å². The van der Waals surface area contributed by atoms with Crippen LogP contribution in [0.2, 0.25) is 0 Å². The summed E-state index contributed by atoms with van der Waals surface area (Å²) in [6.45, 7) is 0. The van der Waals surface area contributed by atoms with Crippen molar-refractivity contribution in [2.75, 3.05) is 4.90 Å². The summed E-state index contributed by atoms with van der Waals surface area (Å²) in [5.41, 5.74) is 18.2. The molecule has 2 aromatic heterocycles. The number of para-hydroxylation sites is 3. The Morgan fingerprint density at radius 1 is 0.312 bits per heavy atom. The Labute approximate surface area is 370 Å². The van der Waals surface area contributed by atoms with Crippen molar-refractivity contribution < 1.29 is 8.83 Å². The van der Waals surface area contributed by atoms with Crippen LogP contribution < -0.4 is 4.90 Å². The van der Waals surface area contributed by atoms with Crippen LogP contribution in [0.4, 0.5) is 17.1 Å². The van der Waals surface area contributed by atoms with Crippen LogP contribution in [-0.2, 0) is 5.41 Å². The van der Waals surface area contributed by atoms with E-state index in [1.165, 1.54) is 33.4 Å². The van der Waals surface area contributed by atoms with E-state index in [2.05, 4.69) is 217 Å². The highest BCUT2D eigenvalue weighted by Gasteiger charge is 2.46. The second-order valence-electron chi connectivity index (χ2n) is 16.7. The van der Waals surface area contributed by atoms with Crippen LogP contribution in [0.1, 0.15) is 22.3 Å². The summed E-state index contributed by atoms with van der Waals surface area (Å²) in [7, 11) is 0. The zero-order valence-electron chi connectivity index (χ0n) is 34.8. The fraction of sp³-hybridized carbons (Fsp3) is 0.0164. The molecule has 0 amide bonds. The maximum Gasteiger partial charge on any atom is 0.143 e. The first-order valence-corrected chi connectivity index (χ1v) is 21.9. The molecule has 12 aromatic rings. The van der Waals surface area contributed by atoms with E-state index in [-0.39, 0.29) is 0 Å². The molecule has 3 nitrogen and oxygen atoms in total. The molecule has 0 N–H and O–H groups in total. The SMILES string of the molecule is c1ccc(C2(c3ccccc3)c3ccccc3-c3cc(N(c4ccc(-c5cccc6oc7ccccc7c56)cc4)c4cccc(-c5cccc6c5oc5ccccc56)c4)ccc32)cc1. The van der Waals surface area contributed by atoms with Crippen LogP contribution in [0.15, 0.2) is 245 Å². The van der Waals surface area contributed by atoms with Crippen LogP contribution in [0.25, 0.3) is 77.3 Å². The Balaban J connectivity index is 1.01. The van der Waals surface area contributed by atoms with Gasteiger partial charge in [-0.3, -0.25) is 0 Å². The van der Waals surface area contributed by atoms with Gasteiger partial charge < -0.3 is 13.7 Å². The summed E-state index contributed by atoms with van der Waals surface area (Å²) in [5.74, 6) is 0. The second kappa shape index (κ2) is 14.3. The summed E-state index contributed by atoms with van der Waals surface area (Å²) in [6.07, 6.45) is 0. The lowest BCUT2D eigenvalue weighted by molar-refractivity contribution is 0.669. The number of hydrogen-bond acceptors (Lipinski definition) is 3. The maximum atomic E-state index is 6.57. The van der Waals surface area contributed by atoms with Crippen molar-refractivity contribution in [2.24, 2.45) is 0 Å². The minimum absolute atomic E-state index is 0.483. The predicted molar refractivity (Wildman–Crippen MR) is 264 cm³/mol. The van der Waals surface area contributed by atoms with E-state index in [1.807, 2.05) is 24.3 Å². The molecular weight excluding hydrogens is 779 g/mol. The normalized spacial score (nSPS) is 12.8. The second-order valence-corrected chi connectivity index (χ2v) is 16.7. The van der Waals surface area contributed by atoms with Gasteiger partial charge in [-0.25, -0.2) is 0 Å². The van der Waals surface area contributed by atoms with Gasteiger partial charge in [0.05, 0.1) is 5.41 Å². The third kappa shape index (κ3) is 5.41. The van der Waals surface area contributed by atoms with Gasteiger partial charge >= 0.3 is 0 Å². The Kier molecular flexibility index (Phi) is 8.13. The van der Waals surface area contributed by atoms with Crippen LogP contribution in [0.5, 0.6) is 0 Å². The van der Waals surface area contributed by atoms with Crippen molar-refractivity contribution in [1.82, 2.24) is 0 Å². The Hall–Kier alpha value is -8.40. The van der Waals surface area contributed by atoms with Crippen LogP contribution in [0, 0.1) is 0 Å². The van der Waals surface area contributed by atoms with Crippen molar-refractivity contribution in [1.29, 1.82) is 0 Å². The van der Waals surface area contributed by atoms with Crippen molar-refractivity contribution in [3.63, 3.8) is 0 Å². The van der Waals surface area contributed by atoms with Gasteiger partial charge in [-0.15, -0.1) is 0 Å². The molecule has 0 spiro atoms. The van der Waals surface area contributed by atoms with E-state index >= 15 is 0 Å². The van der Waals surface area contributed by atoms with E-state index in [9.17, 15) is 0 Å². The van der Waals surface area contributed by atoms with E-state index in [0.717, 1.165) is 83.2 Å². The third-order valence-corrected chi connectivity index (χ3v) is 13.4. The molecule has 0 unspecified atom stereocenters. The highest BCUT2D eigenvalue weighted by Crippen LogP contribution is 2.57. The number of fused-ring (bicyclic) bond motifs is 9. The zero-order valence-corrected chi connectivity index (χ0v) is 34.8. The largest absolute Gasteiger partial charge is 0.456 e. The molecule has 300 valence electrons. The summed E-state index contributed by atoms with van der Waals surface area (Å²) in [6, 6.07) is 85.3. The van der Waals surface area contributed by atoms with Gasteiger partial charge in [-0.2, -0.15) is 0 Å². The van der Waals surface area contributed by atoms with Crippen LogP contribution >= 0.6 is 0 Å². The predicted octanol–water partition coefficient (Wildman–Crippen LogP) is 16.7. The van der Waals surface area contributed by atoms with Gasteiger partial charge in [0.25, 0.3) is 0 Å². The molecule has 0 atom stereocenters. The molecule has 64 heavy (non-hydrogen) atoms. The van der Waals surface area contributed by atoms with Crippen molar-refractivity contribution in [2.45, 2.75) is 5.41 Å². The van der Waals surface area contributed by atoms with E-state index in [0.29, 0.717) is 0 Å². The maximum absolute atomic E-state index is 6.57. The number of nitrogens with zero attached hydrogens (tertiary/aromatic N) is 1. The Bertz CT molecular complexity index is 3690. The molecule has 0 fully saturated rings. The van der Waals surface area contributed by atoms with Crippen molar-refractivity contribution >= 4 is 60.9 Å². The lowest BCUT2D eigenvalue weighted by Gasteiger charge is -2.34. The highest BCUT2D eigenvalue weighted by molar-refractivity contribution is 6.13. The molecule has 13 rings (SSSR count). The first-order chi connectivity index (χ1) is 31.7. The molecule has 0 radical (unpaired) electrons. The zero-order chi connectivity index (χ0) is 42.2. The lowest BCUT2D eigenvalue weighted by Crippen LogP contribution is -2.28. The molecule has 0 saturated heterocycles. The van der Waals surface area contributed by atoms with Gasteiger partial charge in [0, 0.05) is 44.2 Å². The first-order valence-electron chi connectivity index (χ1n) is 21.9. The highest BCUT2D eigenvalue weighted by atomic mass is 16.3. The minimum atomic E-state index is -0.483. The van der Waals surface area contributed by atoms with Gasteiger partial charge in [0.1, 0.15) is 22.3 Å².